The zero-order valence-electron chi connectivity index (χ0n) is 16.0. The molecule has 0 saturated heterocycles. The molecule has 0 aliphatic carbocycles. The molecule has 6 heteroatoms. The highest BCUT2D eigenvalue weighted by atomic mass is 32.2. The van der Waals surface area contributed by atoms with E-state index in [4.69, 9.17) is 0 Å². The van der Waals surface area contributed by atoms with Crippen LogP contribution < -0.4 is 0 Å². The second-order valence-corrected chi connectivity index (χ2v) is 9.46. The molecule has 3 aromatic rings. The van der Waals surface area contributed by atoms with Gasteiger partial charge in [-0.15, -0.1) is 0 Å². The molecule has 1 aromatic carbocycles. The molecule has 0 spiro atoms. The highest BCUT2D eigenvalue weighted by molar-refractivity contribution is 7.90. The number of sulfone groups is 1. The SMILES string of the molecule is CC1c2c(n(CCc3ccccn3)c3ccc(S(C)(=O)=O)cc23)CCN1C. The number of hydrogen-bond donors (Lipinski definition) is 0. The van der Waals surface area contributed by atoms with Crippen LogP contribution in [-0.4, -0.2) is 42.7 Å². The second kappa shape index (κ2) is 6.77. The maximum atomic E-state index is 12.1. The van der Waals surface area contributed by atoms with Crippen molar-refractivity contribution in [3.05, 3.63) is 59.5 Å². The number of benzene rings is 1. The number of nitrogens with zero attached hydrogens (tertiary/aromatic N) is 3. The summed E-state index contributed by atoms with van der Waals surface area (Å²) in [6.07, 6.45) is 4.93. The van der Waals surface area contributed by atoms with Crippen LogP contribution in [0.3, 0.4) is 0 Å². The number of likely N-dealkylation sites (N-methyl/N-ethyl adjacent to an activating group) is 1. The molecule has 142 valence electrons. The third kappa shape index (κ3) is 3.28. The normalized spacial score (nSPS) is 18.0. The largest absolute Gasteiger partial charge is 0.344 e. The van der Waals surface area contributed by atoms with Crippen LogP contribution >= 0.6 is 0 Å². The molecule has 4 rings (SSSR count). The van der Waals surface area contributed by atoms with E-state index >= 15 is 0 Å². The van der Waals surface area contributed by atoms with Gasteiger partial charge >= 0.3 is 0 Å². The summed E-state index contributed by atoms with van der Waals surface area (Å²) in [5.74, 6) is 0. The lowest BCUT2D eigenvalue weighted by Gasteiger charge is -2.31. The van der Waals surface area contributed by atoms with Gasteiger partial charge in [-0.05, 0) is 49.9 Å². The highest BCUT2D eigenvalue weighted by Gasteiger charge is 2.28. The zero-order valence-corrected chi connectivity index (χ0v) is 16.8. The Morgan fingerprint density at radius 3 is 2.74 bits per heavy atom. The summed E-state index contributed by atoms with van der Waals surface area (Å²) in [6, 6.07) is 11.8. The van der Waals surface area contributed by atoms with Gasteiger partial charge in [0.05, 0.1) is 4.90 Å². The molecule has 2 aromatic heterocycles. The Kier molecular flexibility index (Phi) is 4.56. The topological polar surface area (TPSA) is 55.2 Å². The smallest absolute Gasteiger partial charge is 0.175 e. The molecule has 0 amide bonds. The summed E-state index contributed by atoms with van der Waals surface area (Å²) >= 11 is 0. The first kappa shape index (κ1) is 18.2. The lowest BCUT2D eigenvalue weighted by Crippen LogP contribution is -2.31. The van der Waals surface area contributed by atoms with Crippen molar-refractivity contribution in [1.29, 1.82) is 0 Å². The Labute approximate surface area is 160 Å². The number of fused-ring (bicyclic) bond motifs is 3. The molecular weight excluding hydrogens is 358 g/mol. The minimum atomic E-state index is -3.23. The van der Waals surface area contributed by atoms with Crippen LogP contribution in [0.5, 0.6) is 0 Å². The van der Waals surface area contributed by atoms with Crippen molar-refractivity contribution in [2.24, 2.45) is 0 Å². The molecule has 1 unspecified atom stereocenters. The molecule has 1 atom stereocenters. The average Bonchev–Trinajstić information content (AvgIpc) is 2.96. The van der Waals surface area contributed by atoms with Gasteiger partial charge < -0.3 is 4.57 Å². The van der Waals surface area contributed by atoms with E-state index in [9.17, 15) is 8.42 Å². The van der Waals surface area contributed by atoms with E-state index in [1.807, 2.05) is 30.5 Å². The Morgan fingerprint density at radius 2 is 2.04 bits per heavy atom. The number of aromatic nitrogens is 2. The molecular formula is C21H25N3O2S. The maximum Gasteiger partial charge on any atom is 0.175 e. The van der Waals surface area contributed by atoms with Crippen LogP contribution in [0, 0.1) is 0 Å². The zero-order chi connectivity index (χ0) is 19.2. The van der Waals surface area contributed by atoms with E-state index < -0.39 is 9.84 Å². The van der Waals surface area contributed by atoms with Gasteiger partial charge in [-0.3, -0.25) is 9.88 Å². The van der Waals surface area contributed by atoms with E-state index in [1.165, 1.54) is 17.5 Å². The first-order valence-electron chi connectivity index (χ1n) is 9.31. The molecule has 0 fully saturated rings. The van der Waals surface area contributed by atoms with E-state index in [0.29, 0.717) is 4.90 Å². The second-order valence-electron chi connectivity index (χ2n) is 7.44. The molecule has 27 heavy (non-hydrogen) atoms. The molecule has 5 nitrogen and oxygen atoms in total. The van der Waals surface area contributed by atoms with Crippen LogP contribution in [-0.2, 0) is 29.2 Å². The van der Waals surface area contributed by atoms with Crippen LogP contribution in [0.25, 0.3) is 10.9 Å². The maximum absolute atomic E-state index is 12.1. The Bertz CT molecular complexity index is 1090. The molecule has 1 aliphatic rings. The van der Waals surface area contributed by atoms with Crippen molar-refractivity contribution in [3.63, 3.8) is 0 Å². The van der Waals surface area contributed by atoms with E-state index in [2.05, 4.69) is 34.5 Å². The number of pyridine rings is 1. The molecule has 0 N–H and O–H groups in total. The van der Waals surface area contributed by atoms with Crippen molar-refractivity contribution in [2.45, 2.75) is 37.2 Å². The van der Waals surface area contributed by atoms with Crippen molar-refractivity contribution in [1.82, 2.24) is 14.5 Å². The average molecular weight is 384 g/mol. The van der Waals surface area contributed by atoms with Crippen molar-refractivity contribution < 1.29 is 8.42 Å². The van der Waals surface area contributed by atoms with E-state index in [1.54, 1.807) is 6.07 Å². The Balaban J connectivity index is 1.85. The summed E-state index contributed by atoms with van der Waals surface area (Å²) < 4.78 is 26.5. The van der Waals surface area contributed by atoms with E-state index in [0.717, 1.165) is 42.5 Å². The summed E-state index contributed by atoms with van der Waals surface area (Å²) in [4.78, 5) is 7.16. The molecule has 0 radical (unpaired) electrons. The number of aryl methyl sites for hydroxylation is 2. The van der Waals surface area contributed by atoms with Gasteiger partial charge in [0.15, 0.2) is 9.84 Å². The van der Waals surface area contributed by atoms with Gasteiger partial charge in [0.25, 0.3) is 0 Å². The van der Waals surface area contributed by atoms with Crippen LogP contribution in [0.4, 0.5) is 0 Å². The number of rotatable bonds is 4. The third-order valence-electron chi connectivity index (χ3n) is 5.71. The lowest BCUT2D eigenvalue weighted by atomic mass is 9.97. The summed E-state index contributed by atoms with van der Waals surface area (Å²) in [5.41, 5.74) is 4.79. The van der Waals surface area contributed by atoms with Crippen LogP contribution in [0.15, 0.2) is 47.5 Å². The minimum absolute atomic E-state index is 0.266. The van der Waals surface area contributed by atoms with Gasteiger partial charge in [0.2, 0.25) is 0 Å². The first-order chi connectivity index (χ1) is 12.9. The predicted octanol–water partition coefficient (Wildman–Crippen LogP) is 3.23. The molecule has 0 saturated carbocycles. The predicted molar refractivity (Wildman–Crippen MR) is 108 cm³/mol. The van der Waals surface area contributed by atoms with Crippen LogP contribution in [0.1, 0.15) is 29.9 Å². The Morgan fingerprint density at radius 1 is 1.22 bits per heavy atom. The quantitative estimate of drug-likeness (QED) is 0.694. The summed E-state index contributed by atoms with van der Waals surface area (Å²) in [7, 11) is -1.10. The standard InChI is InChI=1S/C21H25N3O2S/c1-15-21-18-14-17(27(3,25)26)7-8-19(18)24(20(21)10-12-23(15)2)13-9-16-6-4-5-11-22-16/h4-8,11,14-15H,9-10,12-13H2,1-3H3. The van der Waals surface area contributed by atoms with Gasteiger partial charge in [-0.1, -0.05) is 6.07 Å². The van der Waals surface area contributed by atoms with Crippen molar-refractivity contribution in [3.8, 4) is 0 Å². The van der Waals surface area contributed by atoms with Crippen molar-refractivity contribution in [2.75, 3.05) is 19.8 Å². The Hall–Kier alpha value is -2.18. The fourth-order valence-corrected chi connectivity index (χ4v) is 4.75. The fourth-order valence-electron chi connectivity index (χ4n) is 4.10. The van der Waals surface area contributed by atoms with Gasteiger partial charge in [0, 0.05) is 66.7 Å². The first-order valence-corrected chi connectivity index (χ1v) is 11.2. The molecule has 1 aliphatic heterocycles. The molecule has 3 heterocycles. The summed E-state index contributed by atoms with van der Waals surface area (Å²) in [5, 5.41) is 1.06. The lowest BCUT2D eigenvalue weighted by molar-refractivity contribution is 0.245. The minimum Gasteiger partial charge on any atom is -0.344 e. The molecule has 0 bridgehead atoms. The summed E-state index contributed by atoms with van der Waals surface area (Å²) in [6.45, 7) is 4.05. The number of hydrogen-bond acceptors (Lipinski definition) is 4. The van der Waals surface area contributed by atoms with Gasteiger partial charge in [-0.2, -0.15) is 0 Å². The van der Waals surface area contributed by atoms with Crippen LogP contribution in [0.2, 0.25) is 0 Å². The monoisotopic (exact) mass is 383 g/mol. The van der Waals surface area contributed by atoms with E-state index in [-0.39, 0.29) is 6.04 Å². The fraction of sp³-hybridized carbons (Fsp3) is 0.381. The van der Waals surface area contributed by atoms with Gasteiger partial charge in [0.1, 0.15) is 0 Å². The highest BCUT2D eigenvalue weighted by Crippen LogP contribution is 2.38. The third-order valence-corrected chi connectivity index (χ3v) is 6.82. The van der Waals surface area contributed by atoms with Crippen molar-refractivity contribution >= 4 is 20.7 Å². The van der Waals surface area contributed by atoms with Gasteiger partial charge in [-0.25, -0.2) is 8.42 Å².